The number of nitrogens with one attached hydrogen (secondary N) is 1. The number of anilines is 1. The molecule has 1 amide bonds. The summed E-state index contributed by atoms with van der Waals surface area (Å²) in [5, 5.41) is 11.1. The fourth-order valence-electron chi connectivity index (χ4n) is 3.21. The number of carbonyl (C=O) groups is 1. The number of fused-ring (bicyclic) bond motifs is 1. The van der Waals surface area contributed by atoms with Crippen molar-refractivity contribution in [2.75, 3.05) is 5.32 Å². The van der Waals surface area contributed by atoms with E-state index < -0.39 is 5.41 Å². The molecule has 1 aliphatic rings. The fraction of sp³-hybridized carbons (Fsp3) is 0.350. The summed E-state index contributed by atoms with van der Waals surface area (Å²) in [6.45, 7) is 6.58. The number of pyridine rings is 1. The number of hydrogen-bond donors (Lipinski definition) is 1. The summed E-state index contributed by atoms with van der Waals surface area (Å²) in [5.41, 5.74) is 2.74. The first kappa shape index (κ1) is 15.8. The second kappa shape index (κ2) is 5.41. The summed E-state index contributed by atoms with van der Waals surface area (Å²) in [6.07, 6.45) is 3.58. The molecule has 5 nitrogen and oxygen atoms in total. The standard InChI is InChI=1S/C20H22N4O/c1-19(2,3)14-7-9-15(10-8-14)20(11-12-20)17(25)21-18-23-22-16-6-4-5-13-24(16)18/h4-10,13H,11-12H2,1-3H3,(H,21,23,25). The van der Waals surface area contributed by atoms with Crippen LogP contribution in [0.1, 0.15) is 44.7 Å². The maximum atomic E-state index is 12.9. The second-order valence-corrected chi connectivity index (χ2v) is 7.82. The average Bonchev–Trinajstić information content (AvgIpc) is 3.32. The molecule has 0 radical (unpaired) electrons. The van der Waals surface area contributed by atoms with E-state index in [4.69, 9.17) is 0 Å². The van der Waals surface area contributed by atoms with E-state index in [1.54, 1.807) is 4.40 Å². The summed E-state index contributed by atoms with van der Waals surface area (Å²) in [5.74, 6) is 0.465. The number of hydrogen-bond acceptors (Lipinski definition) is 3. The van der Waals surface area contributed by atoms with Gasteiger partial charge in [-0.25, -0.2) is 0 Å². The van der Waals surface area contributed by atoms with Crippen LogP contribution in [0, 0.1) is 0 Å². The van der Waals surface area contributed by atoms with Crippen molar-refractivity contribution in [3.05, 3.63) is 59.8 Å². The highest BCUT2D eigenvalue weighted by molar-refractivity contribution is 6.00. The van der Waals surface area contributed by atoms with Crippen molar-refractivity contribution in [3.8, 4) is 0 Å². The number of rotatable bonds is 3. The van der Waals surface area contributed by atoms with Crippen molar-refractivity contribution >= 4 is 17.5 Å². The molecular formula is C20H22N4O. The minimum Gasteiger partial charge on any atom is -0.294 e. The summed E-state index contributed by atoms with van der Waals surface area (Å²) >= 11 is 0. The lowest BCUT2D eigenvalue weighted by Crippen LogP contribution is -2.28. The smallest absolute Gasteiger partial charge is 0.237 e. The van der Waals surface area contributed by atoms with E-state index in [1.165, 1.54) is 5.56 Å². The first-order valence-corrected chi connectivity index (χ1v) is 8.62. The lowest BCUT2D eigenvalue weighted by atomic mass is 9.85. The lowest BCUT2D eigenvalue weighted by Gasteiger charge is -2.21. The van der Waals surface area contributed by atoms with Crippen molar-refractivity contribution in [2.45, 2.75) is 44.4 Å². The van der Waals surface area contributed by atoms with E-state index in [0.717, 1.165) is 24.1 Å². The quantitative estimate of drug-likeness (QED) is 0.794. The van der Waals surface area contributed by atoms with Gasteiger partial charge in [-0.3, -0.25) is 14.5 Å². The summed E-state index contributed by atoms with van der Waals surface area (Å²) in [7, 11) is 0. The summed E-state index contributed by atoms with van der Waals surface area (Å²) in [6, 6.07) is 14.1. The second-order valence-electron chi connectivity index (χ2n) is 7.82. The van der Waals surface area contributed by atoms with Gasteiger partial charge in [0.25, 0.3) is 0 Å². The summed E-state index contributed by atoms with van der Waals surface area (Å²) in [4.78, 5) is 12.9. The van der Waals surface area contributed by atoms with Gasteiger partial charge in [-0.05, 0) is 41.5 Å². The Hall–Kier alpha value is -2.69. The molecule has 1 fully saturated rings. The van der Waals surface area contributed by atoms with Crippen molar-refractivity contribution in [2.24, 2.45) is 0 Å². The van der Waals surface area contributed by atoms with Gasteiger partial charge in [0, 0.05) is 6.20 Å². The first-order chi connectivity index (χ1) is 11.9. The molecule has 0 aliphatic heterocycles. The lowest BCUT2D eigenvalue weighted by molar-refractivity contribution is -0.118. The third-order valence-corrected chi connectivity index (χ3v) is 5.03. The molecule has 0 atom stereocenters. The molecule has 0 bridgehead atoms. The van der Waals surface area contributed by atoms with E-state index in [-0.39, 0.29) is 11.3 Å². The minimum atomic E-state index is -0.434. The van der Waals surface area contributed by atoms with Crippen LogP contribution >= 0.6 is 0 Å². The molecule has 1 saturated carbocycles. The number of benzene rings is 1. The molecule has 128 valence electrons. The molecule has 0 spiro atoms. The Morgan fingerprint density at radius 1 is 1.08 bits per heavy atom. The molecule has 0 saturated heterocycles. The van der Waals surface area contributed by atoms with Crippen LogP contribution in [0.5, 0.6) is 0 Å². The van der Waals surface area contributed by atoms with Crippen LogP contribution < -0.4 is 5.32 Å². The van der Waals surface area contributed by atoms with Gasteiger partial charge in [0.1, 0.15) is 0 Å². The van der Waals surface area contributed by atoms with Crippen LogP contribution in [0.15, 0.2) is 48.7 Å². The van der Waals surface area contributed by atoms with Gasteiger partial charge < -0.3 is 0 Å². The van der Waals surface area contributed by atoms with E-state index in [2.05, 4.69) is 60.6 Å². The Labute approximate surface area is 147 Å². The molecule has 1 aromatic carbocycles. The zero-order valence-corrected chi connectivity index (χ0v) is 14.8. The van der Waals surface area contributed by atoms with Gasteiger partial charge in [0.2, 0.25) is 11.9 Å². The Balaban J connectivity index is 1.59. The third-order valence-electron chi connectivity index (χ3n) is 5.03. The van der Waals surface area contributed by atoms with Crippen LogP contribution in [0.4, 0.5) is 5.95 Å². The highest BCUT2D eigenvalue weighted by atomic mass is 16.2. The average molecular weight is 334 g/mol. The van der Waals surface area contributed by atoms with Gasteiger partial charge in [0.05, 0.1) is 5.41 Å². The maximum absolute atomic E-state index is 12.9. The van der Waals surface area contributed by atoms with Crippen LogP contribution in [0.25, 0.3) is 5.65 Å². The molecule has 2 aromatic heterocycles. The number of amides is 1. The zero-order valence-electron chi connectivity index (χ0n) is 14.8. The molecule has 3 aromatic rings. The molecule has 5 heteroatoms. The van der Waals surface area contributed by atoms with E-state index in [9.17, 15) is 4.79 Å². The maximum Gasteiger partial charge on any atom is 0.237 e. The van der Waals surface area contributed by atoms with Gasteiger partial charge in [-0.15, -0.1) is 10.2 Å². The normalized spacial score (nSPS) is 16.0. The number of nitrogens with zero attached hydrogens (tertiary/aromatic N) is 3. The van der Waals surface area contributed by atoms with Gasteiger partial charge >= 0.3 is 0 Å². The largest absolute Gasteiger partial charge is 0.294 e. The highest BCUT2D eigenvalue weighted by Crippen LogP contribution is 2.49. The number of carbonyl (C=O) groups excluding carboxylic acids is 1. The molecular weight excluding hydrogens is 312 g/mol. The predicted octanol–water partition coefficient (Wildman–Crippen LogP) is 3.70. The van der Waals surface area contributed by atoms with Crippen molar-refractivity contribution < 1.29 is 4.79 Å². The topological polar surface area (TPSA) is 59.3 Å². The fourth-order valence-corrected chi connectivity index (χ4v) is 3.21. The molecule has 0 unspecified atom stereocenters. The van der Waals surface area contributed by atoms with Crippen molar-refractivity contribution in [1.82, 2.24) is 14.6 Å². The van der Waals surface area contributed by atoms with Gasteiger partial charge in [-0.1, -0.05) is 51.1 Å². The zero-order chi connectivity index (χ0) is 17.7. The highest BCUT2D eigenvalue weighted by Gasteiger charge is 2.51. The predicted molar refractivity (Wildman–Crippen MR) is 97.7 cm³/mol. The van der Waals surface area contributed by atoms with E-state index in [1.807, 2.05) is 24.4 Å². The van der Waals surface area contributed by atoms with E-state index >= 15 is 0 Å². The molecule has 4 rings (SSSR count). The molecule has 2 heterocycles. The number of aromatic nitrogens is 3. The van der Waals surface area contributed by atoms with Crippen molar-refractivity contribution in [3.63, 3.8) is 0 Å². The molecule has 25 heavy (non-hydrogen) atoms. The minimum absolute atomic E-state index is 0.00541. The third kappa shape index (κ3) is 2.69. The Morgan fingerprint density at radius 2 is 1.80 bits per heavy atom. The Kier molecular flexibility index (Phi) is 3.42. The van der Waals surface area contributed by atoms with E-state index in [0.29, 0.717) is 5.95 Å². The Morgan fingerprint density at radius 3 is 2.44 bits per heavy atom. The molecule has 1 aliphatic carbocycles. The van der Waals surface area contributed by atoms with Crippen LogP contribution in [0.2, 0.25) is 0 Å². The first-order valence-electron chi connectivity index (χ1n) is 8.62. The monoisotopic (exact) mass is 334 g/mol. The SMILES string of the molecule is CC(C)(C)c1ccc(C2(C(=O)Nc3nnc4ccccn34)CC2)cc1. The van der Waals surface area contributed by atoms with Crippen LogP contribution in [-0.2, 0) is 15.6 Å². The Bertz CT molecular complexity index is 930. The van der Waals surface area contributed by atoms with Crippen LogP contribution in [0.3, 0.4) is 0 Å². The summed E-state index contributed by atoms with van der Waals surface area (Å²) < 4.78 is 1.79. The molecule has 1 N–H and O–H groups in total. The van der Waals surface area contributed by atoms with Crippen molar-refractivity contribution in [1.29, 1.82) is 0 Å². The van der Waals surface area contributed by atoms with Gasteiger partial charge in [0.15, 0.2) is 5.65 Å². The van der Waals surface area contributed by atoms with Gasteiger partial charge in [-0.2, -0.15) is 0 Å². The van der Waals surface area contributed by atoms with Crippen LogP contribution in [-0.4, -0.2) is 20.5 Å².